The van der Waals surface area contributed by atoms with Gasteiger partial charge >= 0.3 is 0 Å². The highest BCUT2D eigenvalue weighted by Gasteiger charge is 2.23. The number of nitrogens with one attached hydrogen (secondary N) is 1. The summed E-state index contributed by atoms with van der Waals surface area (Å²) in [5.41, 5.74) is 2.45. The summed E-state index contributed by atoms with van der Waals surface area (Å²) in [4.78, 5) is 11.7. The van der Waals surface area contributed by atoms with Gasteiger partial charge in [-0.15, -0.1) is 0 Å². The van der Waals surface area contributed by atoms with Crippen LogP contribution in [0.1, 0.15) is 16.1 Å². The molecule has 0 fully saturated rings. The van der Waals surface area contributed by atoms with Crippen molar-refractivity contribution in [2.24, 2.45) is 0 Å². The number of benzene rings is 1. The first-order chi connectivity index (χ1) is 7.68. The van der Waals surface area contributed by atoms with E-state index in [0.717, 1.165) is 23.0 Å². The summed E-state index contributed by atoms with van der Waals surface area (Å²) >= 11 is 0. The number of aryl methyl sites for hydroxylation is 1. The van der Waals surface area contributed by atoms with Crippen LogP contribution >= 0.6 is 0 Å². The van der Waals surface area contributed by atoms with Crippen molar-refractivity contribution in [2.75, 3.05) is 6.54 Å². The topological polar surface area (TPSA) is 34.0 Å². The third kappa shape index (κ3) is 1.10. The summed E-state index contributed by atoms with van der Waals surface area (Å²) in [5.74, 6) is -0.334. The number of nitrogens with zero attached hydrogens (tertiary/aromatic N) is 1. The minimum absolute atomic E-state index is 0.0691. The molecule has 82 valence electrons. The molecule has 1 aromatic carbocycles. The lowest BCUT2D eigenvalue weighted by Crippen LogP contribution is -2.35. The SMILES string of the molecule is Cc1c2n(c3ccc(F)cc13)CCNC2=O. The smallest absolute Gasteiger partial charge is 0.268 e. The molecule has 0 saturated carbocycles. The van der Waals surface area contributed by atoms with E-state index in [0.29, 0.717) is 12.2 Å². The monoisotopic (exact) mass is 218 g/mol. The third-order valence-corrected chi connectivity index (χ3v) is 3.11. The largest absolute Gasteiger partial charge is 0.349 e. The molecule has 1 aliphatic rings. The quantitative estimate of drug-likeness (QED) is 0.719. The van der Waals surface area contributed by atoms with E-state index in [1.807, 2.05) is 11.5 Å². The zero-order valence-corrected chi connectivity index (χ0v) is 8.88. The van der Waals surface area contributed by atoms with Crippen LogP contribution in [0, 0.1) is 12.7 Å². The minimum atomic E-state index is -0.265. The first kappa shape index (κ1) is 9.39. The summed E-state index contributed by atoms with van der Waals surface area (Å²) in [6.07, 6.45) is 0. The molecule has 0 spiro atoms. The Morgan fingerprint density at radius 3 is 3.06 bits per heavy atom. The van der Waals surface area contributed by atoms with E-state index in [9.17, 15) is 9.18 Å². The van der Waals surface area contributed by atoms with Crippen LogP contribution in [0.3, 0.4) is 0 Å². The number of halogens is 1. The standard InChI is InChI=1S/C12H11FN2O/c1-7-9-6-8(13)2-3-10(9)15-5-4-14-12(16)11(7)15/h2-3,6H,4-5H2,1H3,(H,14,16). The molecule has 2 heterocycles. The lowest BCUT2D eigenvalue weighted by molar-refractivity contribution is 0.0928. The number of hydrogen-bond acceptors (Lipinski definition) is 1. The van der Waals surface area contributed by atoms with Gasteiger partial charge in [0.1, 0.15) is 11.5 Å². The van der Waals surface area contributed by atoms with Crippen molar-refractivity contribution in [3.63, 3.8) is 0 Å². The van der Waals surface area contributed by atoms with Crippen LogP contribution in [0.25, 0.3) is 10.9 Å². The Hall–Kier alpha value is -1.84. The van der Waals surface area contributed by atoms with Crippen LogP contribution in [0.4, 0.5) is 4.39 Å². The van der Waals surface area contributed by atoms with Crippen LogP contribution in [-0.2, 0) is 6.54 Å². The fourth-order valence-electron chi connectivity index (χ4n) is 2.38. The number of fused-ring (bicyclic) bond motifs is 3. The van der Waals surface area contributed by atoms with Crippen LogP contribution in [0.2, 0.25) is 0 Å². The molecule has 2 aromatic rings. The number of rotatable bonds is 0. The Morgan fingerprint density at radius 2 is 2.25 bits per heavy atom. The highest BCUT2D eigenvalue weighted by atomic mass is 19.1. The first-order valence-corrected chi connectivity index (χ1v) is 5.25. The molecule has 0 bridgehead atoms. The van der Waals surface area contributed by atoms with Crippen molar-refractivity contribution >= 4 is 16.8 Å². The molecular weight excluding hydrogens is 207 g/mol. The summed E-state index contributed by atoms with van der Waals surface area (Å²) < 4.78 is 15.1. The molecule has 0 unspecified atom stereocenters. The maximum atomic E-state index is 13.2. The Morgan fingerprint density at radius 1 is 1.44 bits per heavy atom. The lowest BCUT2D eigenvalue weighted by Gasteiger charge is -2.17. The second-order valence-electron chi connectivity index (χ2n) is 4.04. The molecule has 0 saturated heterocycles. The van der Waals surface area contributed by atoms with Gasteiger partial charge in [0.15, 0.2) is 0 Å². The second kappa shape index (κ2) is 3.07. The number of amides is 1. The van der Waals surface area contributed by atoms with Gasteiger partial charge in [-0.25, -0.2) is 4.39 Å². The van der Waals surface area contributed by atoms with Crippen molar-refractivity contribution < 1.29 is 9.18 Å². The third-order valence-electron chi connectivity index (χ3n) is 3.11. The highest BCUT2D eigenvalue weighted by molar-refractivity contribution is 6.02. The molecule has 16 heavy (non-hydrogen) atoms. The molecule has 0 atom stereocenters. The van der Waals surface area contributed by atoms with Crippen LogP contribution in [-0.4, -0.2) is 17.0 Å². The van der Waals surface area contributed by atoms with Gasteiger partial charge in [-0.1, -0.05) is 0 Å². The van der Waals surface area contributed by atoms with Crippen LogP contribution < -0.4 is 5.32 Å². The Balaban J connectivity index is 2.43. The van der Waals surface area contributed by atoms with E-state index in [1.165, 1.54) is 12.1 Å². The fourth-order valence-corrected chi connectivity index (χ4v) is 2.38. The van der Waals surface area contributed by atoms with E-state index in [2.05, 4.69) is 5.32 Å². The summed E-state index contributed by atoms with van der Waals surface area (Å²) in [7, 11) is 0. The summed E-state index contributed by atoms with van der Waals surface area (Å²) in [5, 5.41) is 3.63. The molecule has 4 heteroatoms. The second-order valence-corrected chi connectivity index (χ2v) is 4.04. The predicted molar refractivity (Wildman–Crippen MR) is 59.0 cm³/mol. The van der Waals surface area contributed by atoms with Gasteiger partial charge < -0.3 is 9.88 Å². The summed E-state index contributed by atoms with van der Waals surface area (Å²) in [6, 6.07) is 4.66. The molecule has 0 radical (unpaired) electrons. The van der Waals surface area contributed by atoms with Gasteiger partial charge in [-0.2, -0.15) is 0 Å². The number of hydrogen-bond donors (Lipinski definition) is 1. The van der Waals surface area contributed by atoms with Crippen LogP contribution in [0.5, 0.6) is 0 Å². The van der Waals surface area contributed by atoms with Gasteiger partial charge in [0.05, 0.1) is 0 Å². The first-order valence-electron chi connectivity index (χ1n) is 5.25. The molecule has 1 aromatic heterocycles. The van der Waals surface area contributed by atoms with Gasteiger partial charge in [0, 0.05) is 24.0 Å². The Labute approximate surface area is 91.9 Å². The fraction of sp³-hybridized carbons (Fsp3) is 0.250. The predicted octanol–water partition coefficient (Wildman–Crippen LogP) is 1.83. The normalized spacial score (nSPS) is 15.0. The van der Waals surface area contributed by atoms with Gasteiger partial charge in [0.25, 0.3) is 5.91 Å². The molecular formula is C12H11FN2O. The molecule has 1 N–H and O–H groups in total. The highest BCUT2D eigenvalue weighted by Crippen LogP contribution is 2.27. The molecule has 0 aliphatic carbocycles. The maximum Gasteiger partial charge on any atom is 0.268 e. The van der Waals surface area contributed by atoms with E-state index in [1.54, 1.807) is 6.07 Å². The molecule has 3 rings (SSSR count). The molecule has 1 aliphatic heterocycles. The number of carbonyl (C=O) groups excluding carboxylic acids is 1. The molecule has 1 amide bonds. The minimum Gasteiger partial charge on any atom is -0.349 e. The van der Waals surface area contributed by atoms with Crippen molar-refractivity contribution in [1.29, 1.82) is 0 Å². The van der Waals surface area contributed by atoms with Crippen molar-refractivity contribution in [3.8, 4) is 0 Å². The van der Waals surface area contributed by atoms with E-state index in [-0.39, 0.29) is 11.7 Å². The molecule has 3 nitrogen and oxygen atoms in total. The van der Waals surface area contributed by atoms with E-state index >= 15 is 0 Å². The Kier molecular flexibility index (Phi) is 1.80. The van der Waals surface area contributed by atoms with Gasteiger partial charge in [0.2, 0.25) is 0 Å². The van der Waals surface area contributed by atoms with Crippen molar-refractivity contribution in [1.82, 2.24) is 9.88 Å². The van der Waals surface area contributed by atoms with Crippen molar-refractivity contribution in [3.05, 3.63) is 35.3 Å². The Bertz CT molecular complexity index is 601. The number of carbonyl (C=O) groups is 1. The zero-order chi connectivity index (χ0) is 11.3. The maximum absolute atomic E-state index is 13.2. The van der Waals surface area contributed by atoms with Crippen molar-refractivity contribution in [2.45, 2.75) is 13.5 Å². The summed E-state index contributed by atoms with van der Waals surface area (Å²) in [6.45, 7) is 3.24. The average molecular weight is 218 g/mol. The lowest BCUT2D eigenvalue weighted by atomic mass is 10.1. The van der Waals surface area contributed by atoms with Gasteiger partial charge in [-0.05, 0) is 30.7 Å². The van der Waals surface area contributed by atoms with E-state index < -0.39 is 0 Å². The average Bonchev–Trinajstić information content (AvgIpc) is 2.54. The zero-order valence-electron chi connectivity index (χ0n) is 8.88. The van der Waals surface area contributed by atoms with E-state index in [4.69, 9.17) is 0 Å². The van der Waals surface area contributed by atoms with Crippen LogP contribution in [0.15, 0.2) is 18.2 Å². The number of aromatic nitrogens is 1. The van der Waals surface area contributed by atoms with Gasteiger partial charge in [-0.3, -0.25) is 4.79 Å².